The van der Waals surface area contributed by atoms with E-state index < -0.39 is 0 Å². The van der Waals surface area contributed by atoms with E-state index in [1.807, 2.05) is 13.8 Å². The van der Waals surface area contributed by atoms with Gasteiger partial charge < -0.3 is 5.11 Å². The highest BCUT2D eigenvalue weighted by molar-refractivity contribution is 5.35. The molecule has 3 aliphatic carbocycles. The first kappa shape index (κ1) is 19.9. The van der Waals surface area contributed by atoms with Gasteiger partial charge in [0.15, 0.2) is 0 Å². The van der Waals surface area contributed by atoms with Gasteiger partial charge in [-0.25, -0.2) is 0 Å². The van der Waals surface area contributed by atoms with Crippen molar-refractivity contribution >= 4 is 0 Å². The Hall–Kier alpha value is -0.820. The Bertz CT molecular complexity index is 608. The lowest BCUT2D eigenvalue weighted by Crippen LogP contribution is -2.45. The summed E-state index contributed by atoms with van der Waals surface area (Å²) in [6, 6.07) is 9.16. The van der Waals surface area contributed by atoms with Crippen LogP contribution in [-0.2, 0) is 6.42 Å². The van der Waals surface area contributed by atoms with Crippen LogP contribution in [0.3, 0.4) is 0 Å². The summed E-state index contributed by atoms with van der Waals surface area (Å²) in [5.74, 6) is 2.25. The first-order chi connectivity index (χ1) is 12.6. The molecule has 0 bridgehead atoms. The maximum absolute atomic E-state index is 11.4. The predicted octanol–water partition coefficient (Wildman–Crippen LogP) is 6.74. The zero-order valence-electron chi connectivity index (χ0n) is 17.7. The molecule has 0 spiro atoms. The van der Waals surface area contributed by atoms with Crippen molar-refractivity contribution in [1.29, 1.82) is 0 Å². The Morgan fingerprint density at radius 3 is 2.54 bits per heavy atom. The molecule has 6 atom stereocenters. The normalized spacial score (nSPS) is 40.7. The van der Waals surface area contributed by atoms with Gasteiger partial charge in [0.05, 0.1) is 6.10 Å². The highest BCUT2D eigenvalue weighted by atomic mass is 16.3. The van der Waals surface area contributed by atoms with Crippen molar-refractivity contribution in [3.8, 4) is 0 Å². The largest absolute Gasteiger partial charge is 0.392 e. The number of benzene rings is 1. The molecule has 0 aliphatic heterocycles. The molecule has 1 heteroatoms. The minimum absolute atomic E-state index is 0.0990. The third kappa shape index (κ3) is 2.86. The second-order valence-corrected chi connectivity index (χ2v) is 9.23. The quantitative estimate of drug-likeness (QED) is 0.636. The van der Waals surface area contributed by atoms with Gasteiger partial charge in [0.25, 0.3) is 0 Å². The highest BCUT2D eigenvalue weighted by Crippen LogP contribution is 2.66. The molecule has 146 valence electrons. The number of hydrogen-bond donors (Lipinski definition) is 1. The molecule has 4 rings (SSSR count). The number of aliphatic hydroxyl groups is 1. The Balaban J connectivity index is 0.000000948. The van der Waals surface area contributed by atoms with Crippen LogP contribution in [0.4, 0.5) is 0 Å². The molecular formula is C25H40O. The fraction of sp³-hybridized carbons (Fsp3) is 0.760. The van der Waals surface area contributed by atoms with E-state index in [1.54, 1.807) is 11.1 Å². The lowest BCUT2D eigenvalue weighted by Gasteiger charge is -2.50. The van der Waals surface area contributed by atoms with E-state index in [0.717, 1.165) is 18.3 Å². The summed E-state index contributed by atoms with van der Waals surface area (Å²) >= 11 is 0. The van der Waals surface area contributed by atoms with Crippen LogP contribution in [0.15, 0.2) is 24.3 Å². The van der Waals surface area contributed by atoms with Crippen molar-refractivity contribution in [1.82, 2.24) is 0 Å². The Labute approximate surface area is 161 Å². The van der Waals surface area contributed by atoms with E-state index in [9.17, 15) is 5.11 Å². The topological polar surface area (TPSA) is 20.2 Å². The van der Waals surface area contributed by atoms with Gasteiger partial charge in [-0.15, -0.1) is 0 Å². The minimum Gasteiger partial charge on any atom is -0.392 e. The molecule has 0 saturated heterocycles. The van der Waals surface area contributed by atoms with Crippen LogP contribution in [0, 0.1) is 22.7 Å². The first-order valence-corrected chi connectivity index (χ1v) is 11.3. The van der Waals surface area contributed by atoms with E-state index in [0.29, 0.717) is 5.92 Å². The molecular weight excluding hydrogens is 316 g/mol. The molecule has 26 heavy (non-hydrogen) atoms. The van der Waals surface area contributed by atoms with E-state index in [-0.39, 0.29) is 16.9 Å². The fourth-order valence-electron chi connectivity index (χ4n) is 7.09. The summed E-state index contributed by atoms with van der Waals surface area (Å²) in [7, 11) is 0. The summed E-state index contributed by atoms with van der Waals surface area (Å²) < 4.78 is 0. The molecule has 2 saturated carbocycles. The summed E-state index contributed by atoms with van der Waals surface area (Å²) in [4.78, 5) is 0. The highest BCUT2D eigenvalue weighted by Gasteiger charge is 2.62. The monoisotopic (exact) mass is 356 g/mol. The molecule has 2 fully saturated rings. The average Bonchev–Trinajstić information content (AvgIpc) is 2.92. The third-order valence-corrected chi connectivity index (χ3v) is 8.36. The molecule has 0 radical (unpaired) electrons. The molecule has 3 aliphatic rings. The lowest BCUT2D eigenvalue weighted by molar-refractivity contribution is -0.0578. The molecule has 0 amide bonds. The molecule has 1 aromatic carbocycles. The molecule has 0 unspecified atom stereocenters. The standard InChI is InChI=1S/C23H34O.C2H6/c1-4-13-23(5-2)15-20-19-11-10-16-8-6-7-9-17(16)18(19)12-14-22(20,3)21(23)24;1-2/h6-9,18-21,24H,4-5,10-15H2,1-3H3;1-2H3/t18-,19-,20+,21+,22+,23-;/m0./s1. The first-order valence-electron chi connectivity index (χ1n) is 11.3. The SMILES string of the molecule is CC.CCC[C@@]1(CC)C[C@@H]2[C@H]3CCc4ccccc4[C@@H]3CC[C@@]2(C)[C@H]1O. The van der Waals surface area contributed by atoms with Gasteiger partial charge in [0, 0.05) is 0 Å². The molecule has 0 heterocycles. The van der Waals surface area contributed by atoms with Gasteiger partial charge in [-0.05, 0) is 84.7 Å². The number of aryl methyl sites for hydroxylation is 1. The van der Waals surface area contributed by atoms with E-state index in [1.165, 1.54) is 44.9 Å². The van der Waals surface area contributed by atoms with Crippen molar-refractivity contribution < 1.29 is 5.11 Å². The van der Waals surface area contributed by atoms with Crippen LogP contribution in [0.1, 0.15) is 96.6 Å². The van der Waals surface area contributed by atoms with Crippen molar-refractivity contribution in [2.75, 3.05) is 0 Å². The summed E-state index contributed by atoms with van der Waals surface area (Å²) in [5.41, 5.74) is 3.56. The smallest absolute Gasteiger partial charge is 0.0652 e. The van der Waals surface area contributed by atoms with E-state index >= 15 is 0 Å². The number of rotatable bonds is 3. The maximum Gasteiger partial charge on any atom is 0.0652 e. The zero-order chi connectivity index (χ0) is 18.9. The van der Waals surface area contributed by atoms with Gasteiger partial charge in [0.1, 0.15) is 0 Å². The molecule has 1 nitrogen and oxygen atoms in total. The van der Waals surface area contributed by atoms with Gasteiger partial charge in [0.2, 0.25) is 0 Å². The zero-order valence-corrected chi connectivity index (χ0v) is 17.7. The average molecular weight is 357 g/mol. The molecule has 1 aromatic rings. The Morgan fingerprint density at radius 2 is 1.85 bits per heavy atom. The van der Waals surface area contributed by atoms with Gasteiger partial charge in [-0.2, -0.15) is 0 Å². The van der Waals surface area contributed by atoms with Gasteiger partial charge >= 0.3 is 0 Å². The summed E-state index contributed by atoms with van der Waals surface area (Å²) in [5, 5.41) is 11.4. The van der Waals surface area contributed by atoms with Crippen LogP contribution >= 0.6 is 0 Å². The van der Waals surface area contributed by atoms with Gasteiger partial charge in [-0.1, -0.05) is 65.3 Å². The van der Waals surface area contributed by atoms with Crippen LogP contribution in [0.25, 0.3) is 0 Å². The van der Waals surface area contributed by atoms with Crippen molar-refractivity contribution in [3.63, 3.8) is 0 Å². The predicted molar refractivity (Wildman–Crippen MR) is 111 cm³/mol. The van der Waals surface area contributed by atoms with E-state index in [2.05, 4.69) is 45.0 Å². The second-order valence-electron chi connectivity index (χ2n) is 9.23. The fourth-order valence-corrected chi connectivity index (χ4v) is 7.09. The van der Waals surface area contributed by atoms with Crippen molar-refractivity contribution in [2.45, 2.75) is 98.0 Å². The van der Waals surface area contributed by atoms with Crippen LogP contribution in [0.5, 0.6) is 0 Å². The lowest BCUT2D eigenvalue weighted by atomic mass is 9.55. The Morgan fingerprint density at radius 1 is 1.12 bits per heavy atom. The van der Waals surface area contributed by atoms with Gasteiger partial charge in [-0.3, -0.25) is 0 Å². The van der Waals surface area contributed by atoms with Crippen molar-refractivity contribution in [2.24, 2.45) is 22.7 Å². The summed E-state index contributed by atoms with van der Waals surface area (Å²) in [6.07, 6.45) is 9.76. The van der Waals surface area contributed by atoms with Crippen LogP contribution in [-0.4, -0.2) is 11.2 Å². The maximum atomic E-state index is 11.4. The van der Waals surface area contributed by atoms with E-state index in [4.69, 9.17) is 0 Å². The Kier molecular flexibility index (Phi) is 5.87. The number of fused-ring (bicyclic) bond motifs is 5. The minimum atomic E-state index is -0.0990. The third-order valence-electron chi connectivity index (χ3n) is 8.36. The summed E-state index contributed by atoms with van der Waals surface area (Å²) in [6.45, 7) is 11.0. The molecule has 0 aromatic heterocycles. The molecule has 1 N–H and O–H groups in total. The second kappa shape index (κ2) is 7.66. The number of hydrogen-bond acceptors (Lipinski definition) is 1. The van der Waals surface area contributed by atoms with Crippen molar-refractivity contribution in [3.05, 3.63) is 35.4 Å². The number of aliphatic hydroxyl groups excluding tert-OH is 1. The van der Waals surface area contributed by atoms with Crippen LogP contribution in [0.2, 0.25) is 0 Å². The van der Waals surface area contributed by atoms with Crippen LogP contribution < -0.4 is 0 Å².